The number of carbonyl (C=O) groups excluding carboxylic acids is 1. The number of aromatic nitrogens is 2. The Morgan fingerprint density at radius 2 is 1.67 bits per heavy atom. The number of carbonyl (C=O) groups is 1. The van der Waals surface area contributed by atoms with E-state index in [1.54, 1.807) is 36.4 Å². The molecule has 0 unspecified atom stereocenters. The van der Waals surface area contributed by atoms with Crippen molar-refractivity contribution < 1.29 is 4.79 Å². The smallest absolute Gasteiger partial charge is 0.276 e. The van der Waals surface area contributed by atoms with Crippen LogP contribution in [-0.4, -0.2) is 16.1 Å². The Morgan fingerprint density at radius 3 is 2.33 bits per heavy atom. The normalized spacial score (nSPS) is 10.2. The summed E-state index contributed by atoms with van der Waals surface area (Å²) in [5, 5.41) is 14.5. The molecule has 0 bridgehead atoms. The Balaban J connectivity index is 1.59. The molecule has 1 aromatic heterocycles. The molecule has 0 fully saturated rings. The summed E-state index contributed by atoms with van der Waals surface area (Å²) in [4.78, 5) is 12.1. The first kappa shape index (κ1) is 16.0. The molecule has 0 aliphatic carbocycles. The number of hydrogen-bond acceptors (Lipinski definition) is 4. The number of anilines is 2. The largest absolute Gasteiger partial charge is 0.365 e. The second kappa shape index (κ2) is 7.57. The van der Waals surface area contributed by atoms with Gasteiger partial charge in [0, 0.05) is 17.3 Å². The molecular weight excluding hydrogens is 324 g/mol. The number of nitrogens with one attached hydrogen (secondary N) is 2. The Kier molecular flexibility index (Phi) is 5.03. The minimum absolute atomic E-state index is 0.246. The fraction of sp³-hybridized carbons (Fsp3) is 0.0556. The summed E-state index contributed by atoms with van der Waals surface area (Å²) >= 11 is 5.81. The van der Waals surface area contributed by atoms with E-state index in [1.807, 2.05) is 30.3 Å². The SMILES string of the molecule is O=C(Nc1ccc(Cl)cc1)c1ccc(NCc2ccccc2)nn1. The lowest BCUT2D eigenvalue weighted by Crippen LogP contribution is -2.14. The highest BCUT2D eigenvalue weighted by Crippen LogP contribution is 2.14. The van der Waals surface area contributed by atoms with Crippen molar-refractivity contribution in [2.24, 2.45) is 0 Å². The number of nitrogens with zero attached hydrogens (tertiary/aromatic N) is 2. The van der Waals surface area contributed by atoms with Crippen LogP contribution in [0, 0.1) is 0 Å². The third-order valence-corrected chi connectivity index (χ3v) is 3.57. The highest BCUT2D eigenvalue weighted by Gasteiger charge is 2.08. The van der Waals surface area contributed by atoms with E-state index in [1.165, 1.54) is 0 Å². The topological polar surface area (TPSA) is 66.9 Å². The van der Waals surface area contributed by atoms with Gasteiger partial charge in [-0.3, -0.25) is 4.79 Å². The number of halogens is 1. The molecule has 1 heterocycles. The van der Waals surface area contributed by atoms with Gasteiger partial charge in [-0.15, -0.1) is 10.2 Å². The van der Waals surface area contributed by atoms with Gasteiger partial charge in [0.25, 0.3) is 5.91 Å². The Hall–Kier alpha value is -2.92. The first-order chi connectivity index (χ1) is 11.7. The van der Waals surface area contributed by atoms with Crippen LogP contribution in [0.4, 0.5) is 11.5 Å². The van der Waals surface area contributed by atoms with E-state index in [4.69, 9.17) is 11.6 Å². The zero-order chi connectivity index (χ0) is 16.8. The van der Waals surface area contributed by atoms with Crippen molar-refractivity contribution in [2.75, 3.05) is 10.6 Å². The third-order valence-electron chi connectivity index (χ3n) is 3.32. The number of benzene rings is 2. The van der Waals surface area contributed by atoms with E-state index in [0.717, 1.165) is 5.56 Å². The summed E-state index contributed by atoms with van der Waals surface area (Å²) in [5.74, 6) is 0.293. The van der Waals surface area contributed by atoms with Crippen molar-refractivity contribution in [1.29, 1.82) is 0 Å². The van der Waals surface area contributed by atoms with Gasteiger partial charge in [-0.05, 0) is 42.0 Å². The summed E-state index contributed by atoms with van der Waals surface area (Å²) in [5.41, 5.74) is 2.04. The first-order valence-electron chi connectivity index (χ1n) is 7.39. The van der Waals surface area contributed by atoms with Crippen LogP contribution in [0.2, 0.25) is 5.02 Å². The van der Waals surface area contributed by atoms with Gasteiger partial charge in [-0.25, -0.2) is 0 Å². The van der Waals surface area contributed by atoms with E-state index in [0.29, 0.717) is 23.1 Å². The molecule has 0 saturated heterocycles. The van der Waals surface area contributed by atoms with Crippen LogP contribution in [0.15, 0.2) is 66.7 Å². The van der Waals surface area contributed by atoms with Gasteiger partial charge < -0.3 is 10.6 Å². The lowest BCUT2D eigenvalue weighted by molar-refractivity contribution is 0.102. The molecule has 0 saturated carbocycles. The average molecular weight is 339 g/mol. The standard InChI is InChI=1S/C18H15ClN4O/c19-14-6-8-15(9-7-14)21-18(24)16-10-11-17(23-22-16)20-12-13-4-2-1-3-5-13/h1-11H,12H2,(H,20,23)(H,21,24). The Morgan fingerprint density at radius 1 is 0.917 bits per heavy atom. The molecule has 0 atom stereocenters. The van der Waals surface area contributed by atoms with Crippen LogP contribution < -0.4 is 10.6 Å². The molecule has 120 valence electrons. The maximum atomic E-state index is 12.1. The second-order valence-corrected chi connectivity index (χ2v) is 5.54. The summed E-state index contributed by atoms with van der Waals surface area (Å²) < 4.78 is 0. The van der Waals surface area contributed by atoms with Gasteiger partial charge in [-0.2, -0.15) is 0 Å². The van der Waals surface area contributed by atoms with Crippen molar-refractivity contribution in [3.05, 3.63) is 83.0 Å². The highest BCUT2D eigenvalue weighted by atomic mass is 35.5. The summed E-state index contributed by atoms with van der Waals surface area (Å²) in [6.07, 6.45) is 0. The van der Waals surface area contributed by atoms with Crippen LogP contribution in [0.5, 0.6) is 0 Å². The number of amides is 1. The lowest BCUT2D eigenvalue weighted by Gasteiger charge is -2.07. The summed E-state index contributed by atoms with van der Waals surface area (Å²) in [6.45, 7) is 0.645. The molecule has 2 N–H and O–H groups in total. The highest BCUT2D eigenvalue weighted by molar-refractivity contribution is 6.30. The lowest BCUT2D eigenvalue weighted by atomic mass is 10.2. The van der Waals surface area contributed by atoms with Crippen LogP contribution in [0.1, 0.15) is 16.1 Å². The van der Waals surface area contributed by atoms with E-state index in [2.05, 4.69) is 20.8 Å². The maximum absolute atomic E-state index is 12.1. The van der Waals surface area contributed by atoms with Crippen molar-refractivity contribution >= 4 is 29.0 Å². The van der Waals surface area contributed by atoms with Crippen molar-refractivity contribution in [3.8, 4) is 0 Å². The molecule has 6 heteroatoms. The predicted octanol–water partition coefficient (Wildman–Crippen LogP) is 3.99. The Bertz CT molecular complexity index is 805. The quantitative estimate of drug-likeness (QED) is 0.738. The van der Waals surface area contributed by atoms with Gasteiger partial charge in [0.15, 0.2) is 5.69 Å². The molecule has 1 amide bonds. The van der Waals surface area contributed by atoms with Crippen LogP contribution in [0.3, 0.4) is 0 Å². The Labute approximate surface area is 144 Å². The summed E-state index contributed by atoms with van der Waals surface area (Å²) in [7, 11) is 0. The van der Waals surface area contributed by atoms with E-state index < -0.39 is 0 Å². The average Bonchev–Trinajstić information content (AvgIpc) is 2.63. The zero-order valence-electron chi connectivity index (χ0n) is 12.7. The molecule has 0 aliphatic heterocycles. The summed E-state index contributed by atoms with van der Waals surface area (Å²) in [6, 6.07) is 20.2. The van der Waals surface area contributed by atoms with Gasteiger partial charge in [0.2, 0.25) is 0 Å². The van der Waals surface area contributed by atoms with Gasteiger partial charge in [-0.1, -0.05) is 41.9 Å². The van der Waals surface area contributed by atoms with Crippen LogP contribution in [0.25, 0.3) is 0 Å². The first-order valence-corrected chi connectivity index (χ1v) is 7.77. The van der Waals surface area contributed by atoms with E-state index in [9.17, 15) is 4.79 Å². The van der Waals surface area contributed by atoms with Crippen molar-refractivity contribution in [3.63, 3.8) is 0 Å². The molecular formula is C18H15ClN4O. The molecule has 5 nitrogen and oxygen atoms in total. The van der Waals surface area contributed by atoms with E-state index in [-0.39, 0.29) is 11.6 Å². The van der Waals surface area contributed by atoms with Gasteiger partial charge in [0.05, 0.1) is 0 Å². The van der Waals surface area contributed by atoms with Gasteiger partial charge >= 0.3 is 0 Å². The molecule has 2 aromatic carbocycles. The van der Waals surface area contributed by atoms with Crippen molar-refractivity contribution in [2.45, 2.75) is 6.54 Å². The van der Waals surface area contributed by atoms with E-state index >= 15 is 0 Å². The predicted molar refractivity (Wildman–Crippen MR) is 95.2 cm³/mol. The van der Waals surface area contributed by atoms with Gasteiger partial charge in [0.1, 0.15) is 5.82 Å². The van der Waals surface area contributed by atoms with Crippen molar-refractivity contribution in [1.82, 2.24) is 10.2 Å². The van der Waals surface area contributed by atoms with Crippen LogP contribution in [-0.2, 0) is 6.54 Å². The molecule has 3 aromatic rings. The minimum atomic E-state index is -0.320. The zero-order valence-corrected chi connectivity index (χ0v) is 13.5. The third kappa shape index (κ3) is 4.30. The number of hydrogen-bond donors (Lipinski definition) is 2. The number of rotatable bonds is 5. The molecule has 24 heavy (non-hydrogen) atoms. The molecule has 3 rings (SSSR count). The fourth-order valence-corrected chi connectivity index (χ4v) is 2.19. The fourth-order valence-electron chi connectivity index (χ4n) is 2.06. The maximum Gasteiger partial charge on any atom is 0.276 e. The van der Waals surface area contributed by atoms with Crippen LogP contribution >= 0.6 is 11.6 Å². The second-order valence-electron chi connectivity index (χ2n) is 5.10. The molecule has 0 spiro atoms. The monoisotopic (exact) mass is 338 g/mol. The molecule has 0 radical (unpaired) electrons. The minimum Gasteiger partial charge on any atom is -0.365 e. The molecule has 0 aliphatic rings.